The van der Waals surface area contributed by atoms with E-state index in [1.54, 1.807) is 21.3 Å². The van der Waals surface area contributed by atoms with Crippen molar-refractivity contribution in [3.63, 3.8) is 0 Å². The molecular formula is C46H65N2O11S2+. The van der Waals surface area contributed by atoms with Crippen LogP contribution in [-0.2, 0) is 62.9 Å². The number of hydrogen-bond donors (Lipinski definition) is 3. The van der Waals surface area contributed by atoms with E-state index in [4.69, 9.17) is 19.3 Å². The summed E-state index contributed by atoms with van der Waals surface area (Å²) in [4.78, 5) is 13.4. The number of allylic oxidation sites excluding steroid dienone is 8. The highest BCUT2D eigenvalue weighted by molar-refractivity contribution is 7.86. The first-order chi connectivity index (χ1) is 29.0. The Morgan fingerprint density at radius 2 is 1.30 bits per heavy atom. The van der Waals surface area contributed by atoms with E-state index in [0.717, 1.165) is 64.3 Å². The van der Waals surface area contributed by atoms with Gasteiger partial charge in [-0.05, 0) is 100 Å². The smallest absolute Gasteiger partial charge is 0.303 e. The van der Waals surface area contributed by atoms with Crippen LogP contribution in [0.5, 0.6) is 0 Å². The van der Waals surface area contributed by atoms with Gasteiger partial charge in [0.25, 0.3) is 20.2 Å². The second kappa shape index (κ2) is 22.9. The molecule has 61 heavy (non-hydrogen) atoms. The molecule has 0 fully saturated rings. The number of hydrogen-bond acceptors (Lipinski definition) is 9. The highest BCUT2D eigenvalue weighted by atomic mass is 32.2. The van der Waals surface area contributed by atoms with Gasteiger partial charge in [-0.1, -0.05) is 48.6 Å². The fraction of sp³-hybridized carbons (Fsp3) is 0.522. The van der Waals surface area contributed by atoms with Crippen LogP contribution in [0, 0.1) is 0 Å². The molecule has 0 radical (unpaired) electrons. The number of nitrogens with zero attached hydrogens (tertiary/aromatic N) is 2. The van der Waals surface area contributed by atoms with E-state index >= 15 is 0 Å². The summed E-state index contributed by atoms with van der Waals surface area (Å²) < 4.78 is 84.7. The van der Waals surface area contributed by atoms with Gasteiger partial charge in [0.2, 0.25) is 5.69 Å². The summed E-state index contributed by atoms with van der Waals surface area (Å²) in [7, 11) is -3.31. The zero-order chi connectivity index (χ0) is 44.7. The molecule has 0 bridgehead atoms. The van der Waals surface area contributed by atoms with Gasteiger partial charge in [0.1, 0.15) is 6.54 Å². The number of ether oxygens (including phenoxy) is 3. The van der Waals surface area contributed by atoms with Crippen molar-refractivity contribution in [1.29, 1.82) is 0 Å². The Morgan fingerprint density at radius 1 is 0.721 bits per heavy atom. The molecule has 2 aliphatic rings. The van der Waals surface area contributed by atoms with Crippen LogP contribution >= 0.6 is 0 Å². The lowest BCUT2D eigenvalue weighted by molar-refractivity contribution is -0.438. The summed E-state index contributed by atoms with van der Waals surface area (Å²) in [6, 6.07) is 12.7. The monoisotopic (exact) mass is 885 g/mol. The van der Waals surface area contributed by atoms with E-state index in [2.05, 4.69) is 65.8 Å². The molecule has 2 atom stereocenters. The van der Waals surface area contributed by atoms with Crippen molar-refractivity contribution in [2.24, 2.45) is 0 Å². The number of rotatable bonds is 27. The van der Waals surface area contributed by atoms with Crippen LogP contribution in [-0.4, -0.2) is 113 Å². The number of methoxy groups -OCH3 is 3. The SMILES string of the molecule is COCCc1ccc2c(c1)C(C)(CCCS(=O)(=O)O)C(/C=C/C=C/C=C/C=C1/N(CCOC)c3ccc(CCOC)cc3C1(C)CCCS(=O)(=O)O)=[N+]2CCCCCC(=O)O. The number of carboxylic acid groups (broad SMARTS) is 1. The summed E-state index contributed by atoms with van der Waals surface area (Å²) in [5, 5.41) is 9.17. The maximum atomic E-state index is 11.8. The molecule has 13 nitrogen and oxygen atoms in total. The second-order valence-corrected chi connectivity index (χ2v) is 19.3. The highest BCUT2D eigenvalue weighted by Crippen LogP contribution is 2.51. The molecule has 336 valence electrons. The van der Waals surface area contributed by atoms with E-state index in [0.29, 0.717) is 58.6 Å². The molecule has 2 aliphatic heterocycles. The zero-order valence-electron chi connectivity index (χ0n) is 36.3. The molecular weight excluding hydrogens is 821 g/mol. The van der Waals surface area contributed by atoms with Crippen LogP contribution in [0.4, 0.5) is 11.4 Å². The zero-order valence-corrected chi connectivity index (χ0v) is 38.0. The molecule has 2 aromatic rings. The van der Waals surface area contributed by atoms with Gasteiger partial charge < -0.3 is 24.2 Å². The average molecular weight is 886 g/mol. The second-order valence-electron chi connectivity index (χ2n) is 16.2. The van der Waals surface area contributed by atoms with E-state index in [9.17, 15) is 30.7 Å². The van der Waals surface area contributed by atoms with E-state index in [-0.39, 0.29) is 30.8 Å². The lowest BCUT2D eigenvalue weighted by Crippen LogP contribution is -2.32. The fourth-order valence-electron chi connectivity index (χ4n) is 8.57. The number of carbonyl (C=O) groups is 1. The van der Waals surface area contributed by atoms with Crippen LogP contribution in [0.3, 0.4) is 0 Å². The van der Waals surface area contributed by atoms with Crippen LogP contribution in [0.1, 0.15) is 87.5 Å². The Hall–Kier alpha value is -3.96. The average Bonchev–Trinajstić information content (AvgIpc) is 3.56. The van der Waals surface area contributed by atoms with E-state index < -0.39 is 37.0 Å². The molecule has 0 aromatic heterocycles. The molecule has 0 saturated carbocycles. The van der Waals surface area contributed by atoms with Crippen molar-refractivity contribution in [2.75, 3.05) is 70.6 Å². The number of aliphatic carboxylic acids is 1. The first-order valence-corrected chi connectivity index (χ1v) is 24.2. The molecule has 2 heterocycles. The van der Waals surface area contributed by atoms with Crippen LogP contribution in [0.15, 0.2) is 84.6 Å². The van der Waals surface area contributed by atoms with Crippen molar-refractivity contribution in [2.45, 2.75) is 88.9 Å². The van der Waals surface area contributed by atoms with E-state index in [1.807, 2.05) is 36.5 Å². The van der Waals surface area contributed by atoms with Gasteiger partial charge in [0.05, 0.1) is 36.7 Å². The summed E-state index contributed by atoms with van der Waals surface area (Å²) in [5.74, 6) is -1.50. The Balaban J connectivity index is 1.69. The number of fused-ring (bicyclic) bond motifs is 2. The summed E-state index contributed by atoms with van der Waals surface area (Å²) in [5.41, 5.74) is 7.24. The highest BCUT2D eigenvalue weighted by Gasteiger charge is 2.47. The third-order valence-corrected chi connectivity index (χ3v) is 13.3. The minimum absolute atomic E-state index is 0.111. The first kappa shape index (κ1) is 49.7. The molecule has 3 N–H and O–H groups in total. The van der Waals surface area contributed by atoms with Gasteiger partial charge >= 0.3 is 5.97 Å². The quantitative estimate of drug-likeness (QED) is 0.0351. The minimum atomic E-state index is -4.16. The first-order valence-electron chi connectivity index (χ1n) is 21.0. The van der Waals surface area contributed by atoms with Gasteiger partial charge in [0, 0.05) is 75.2 Å². The maximum Gasteiger partial charge on any atom is 0.303 e. The molecule has 0 amide bonds. The van der Waals surface area contributed by atoms with Gasteiger partial charge in [-0.2, -0.15) is 21.4 Å². The van der Waals surface area contributed by atoms with Crippen molar-refractivity contribution < 1.29 is 54.6 Å². The Bertz CT molecular complexity index is 2190. The summed E-state index contributed by atoms with van der Waals surface area (Å²) in [6.45, 7) is 7.05. The molecule has 15 heteroatoms. The van der Waals surface area contributed by atoms with Crippen molar-refractivity contribution >= 4 is 43.3 Å². The Kier molecular flexibility index (Phi) is 18.7. The molecule has 4 rings (SSSR count). The minimum Gasteiger partial charge on any atom is -0.481 e. The predicted octanol–water partition coefficient (Wildman–Crippen LogP) is 7.38. The summed E-state index contributed by atoms with van der Waals surface area (Å²) >= 11 is 0. The lowest BCUT2D eigenvalue weighted by atomic mass is 9.75. The number of carboxylic acids is 1. The molecule has 0 saturated heterocycles. The van der Waals surface area contributed by atoms with Crippen LogP contribution in [0.2, 0.25) is 0 Å². The maximum absolute atomic E-state index is 11.8. The number of anilines is 1. The van der Waals surface area contributed by atoms with Gasteiger partial charge in [0.15, 0.2) is 5.71 Å². The van der Waals surface area contributed by atoms with Gasteiger partial charge in [-0.25, -0.2) is 0 Å². The Labute approximate surface area is 363 Å². The lowest BCUT2D eigenvalue weighted by Gasteiger charge is -2.30. The molecule has 2 unspecified atom stereocenters. The van der Waals surface area contributed by atoms with Crippen molar-refractivity contribution in [3.05, 3.63) is 107 Å². The molecule has 2 aromatic carbocycles. The topological polar surface area (TPSA) is 180 Å². The van der Waals surface area contributed by atoms with Crippen molar-refractivity contribution in [1.82, 2.24) is 0 Å². The standard InChI is InChI=1S/C46H64N2O11S2/c1-45(25-14-32-60(51,52)53)38-34-36(23-29-57-3)19-21-40(38)47(27-13-9-12-18-44(49)50)42(45)16-10-7-6-8-11-17-43-46(2,26-15-33-61(54,55)56)39-35-37(24-30-58-4)20-22-41(39)48(43)28-31-59-5/h6-8,10-11,16-17,19-22,34-35H,9,12-15,18,23-33H2,1-5H3,(H2-,49,50,51,52,53,54,55,56)/p+1. The van der Waals surface area contributed by atoms with E-state index in [1.165, 1.54) is 0 Å². The van der Waals surface area contributed by atoms with Gasteiger partial charge in [-0.15, -0.1) is 0 Å². The van der Waals surface area contributed by atoms with Gasteiger partial charge in [-0.3, -0.25) is 13.9 Å². The fourth-order valence-corrected chi connectivity index (χ4v) is 9.58. The summed E-state index contributed by atoms with van der Waals surface area (Å²) in [6.07, 6.45) is 18.9. The number of unbranched alkanes of at least 4 members (excludes halogenated alkanes) is 2. The Morgan fingerprint density at radius 3 is 1.90 bits per heavy atom. The third-order valence-electron chi connectivity index (χ3n) is 11.7. The van der Waals surface area contributed by atoms with Crippen LogP contribution < -0.4 is 4.90 Å². The van der Waals surface area contributed by atoms with Crippen molar-refractivity contribution in [3.8, 4) is 0 Å². The molecule has 0 aliphatic carbocycles. The van der Waals surface area contributed by atoms with Crippen LogP contribution in [0.25, 0.3) is 0 Å². The largest absolute Gasteiger partial charge is 0.481 e. The normalized spacial score (nSPS) is 20.0. The third kappa shape index (κ3) is 14.0. The molecule has 0 spiro atoms. The number of benzene rings is 2. The predicted molar refractivity (Wildman–Crippen MR) is 241 cm³/mol.